The monoisotopic (exact) mass is 382 g/mol. The van der Waals surface area contributed by atoms with E-state index in [2.05, 4.69) is 43.2 Å². The Morgan fingerprint density at radius 1 is 1.04 bits per heavy atom. The van der Waals surface area contributed by atoms with Gasteiger partial charge in [-0.25, -0.2) is 0 Å². The van der Waals surface area contributed by atoms with Crippen LogP contribution in [0.3, 0.4) is 0 Å². The summed E-state index contributed by atoms with van der Waals surface area (Å²) in [4.78, 5) is 1.92. The van der Waals surface area contributed by atoms with Crippen LogP contribution in [0.15, 0.2) is 48.6 Å². The Morgan fingerprint density at radius 3 is 2.44 bits per heavy atom. The second kappa shape index (κ2) is 5.59. The Balaban J connectivity index is 1.78. The molecule has 0 amide bonds. The lowest BCUT2D eigenvalue weighted by molar-refractivity contribution is 0.227. The van der Waals surface area contributed by atoms with Gasteiger partial charge in [-0.05, 0) is 37.1 Å². The fourth-order valence-electron chi connectivity index (χ4n) is 5.28. The van der Waals surface area contributed by atoms with Gasteiger partial charge in [0, 0.05) is 23.4 Å². The zero-order chi connectivity index (χ0) is 18.9. The van der Waals surface area contributed by atoms with Crippen LogP contribution in [0.2, 0.25) is 0 Å². The minimum atomic E-state index is -0.398. The Bertz CT molecular complexity index is 978. The third-order valence-electron chi connectivity index (χ3n) is 6.22. The molecule has 6 heteroatoms. The maximum atomic E-state index is 11.2. The Hall–Kier alpha value is -2.31. The summed E-state index contributed by atoms with van der Waals surface area (Å²) in [7, 11) is 2.09. The van der Waals surface area contributed by atoms with Crippen LogP contribution in [-0.2, 0) is 4.87 Å². The molecule has 0 saturated carbocycles. The smallest absolute Gasteiger partial charge is 0.205 e. The predicted octanol–water partition coefficient (Wildman–Crippen LogP) is 3.86. The van der Waals surface area contributed by atoms with Crippen molar-refractivity contribution in [2.24, 2.45) is 11.8 Å². The minimum Gasteiger partial charge on any atom is -0.508 e. The number of thioether (sulfide) groups is 1. The van der Waals surface area contributed by atoms with Crippen molar-refractivity contribution in [3.05, 3.63) is 59.7 Å². The Labute approximate surface area is 162 Å². The van der Waals surface area contributed by atoms with E-state index in [4.69, 9.17) is 0 Å². The number of nitrogens with zero attached hydrogens (tertiary/aromatic N) is 2. The number of hydrogen-bond acceptors (Lipinski definition) is 5. The first-order valence-corrected chi connectivity index (χ1v) is 10.2. The van der Waals surface area contributed by atoms with Gasteiger partial charge in [-0.2, -0.15) is 0 Å². The molecule has 4 atom stereocenters. The van der Waals surface area contributed by atoms with Crippen LogP contribution in [-0.4, -0.2) is 37.6 Å². The molecule has 2 aromatic rings. The van der Waals surface area contributed by atoms with Gasteiger partial charge < -0.3 is 15.3 Å². The van der Waals surface area contributed by atoms with E-state index in [9.17, 15) is 15.3 Å². The van der Waals surface area contributed by atoms with Crippen LogP contribution >= 0.6 is 11.8 Å². The topological polar surface area (TPSA) is 68.9 Å². The van der Waals surface area contributed by atoms with E-state index in [-0.39, 0.29) is 35.4 Å². The van der Waals surface area contributed by atoms with Crippen molar-refractivity contribution >= 4 is 11.8 Å². The normalized spacial score (nSPS) is 30.7. The van der Waals surface area contributed by atoms with E-state index in [1.54, 1.807) is 24.3 Å². The predicted molar refractivity (Wildman–Crippen MR) is 106 cm³/mol. The molecule has 1 aliphatic carbocycles. The zero-order valence-corrected chi connectivity index (χ0v) is 16.0. The molecule has 1 aromatic heterocycles. The molecule has 2 bridgehead atoms. The molecule has 0 spiro atoms. The summed E-state index contributed by atoms with van der Waals surface area (Å²) >= 11 is 1.81. The summed E-state index contributed by atoms with van der Waals surface area (Å²) in [6, 6.07) is 6.53. The highest BCUT2D eigenvalue weighted by atomic mass is 32.2. The molecule has 140 valence electrons. The van der Waals surface area contributed by atoms with Crippen molar-refractivity contribution in [2.45, 2.75) is 17.8 Å². The lowest BCUT2D eigenvalue weighted by Crippen LogP contribution is -2.37. The van der Waals surface area contributed by atoms with Gasteiger partial charge in [-0.3, -0.25) is 9.47 Å². The number of allylic oxidation sites excluding steroid dienone is 2. The maximum Gasteiger partial charge on any atom is 0.205 e. The van der Waals surface area contributed by atoms with Gasteiger partial charge >= 0.3 is 0 Å². The summed E-state index contributed by atoms with van der Waals surface area (Å²) < 4.78 is 1.50. The van der Waals surface area contributed by atoms with Crippen molar-refractivity contribution in [3.63, 3.8) is 0 Å². The summed E-state index contributed by atoms with van der Waals surface area (Å²) in [6.07, 6.45) is 8.62. The highest BCUT2D eigenvalue weighted by Crippen LogP contribution is 2.71. The zero-order valence-electron chi connectivity index (χ0n) is 15.2. The SMILES string of the molecule is CCSC12c3c(c(O)n(-c4ccc(O)cc4)c3O)C(C3C=CC=CC31)N2C. The highest BCUT2D eigenvalue weighted by molar-refractivity contribution is 8.00. The molecule has 5 rings (SSSR count). The Morgan fingerprint density at radius 2 is 1.74 bits per heavy atom. The van der Waals surface area contributed by atoms with Crippen LogP contribution in [0.1, 0.15) is 24.1 Å². The van der Waals surface area contributed by atoms with Crippen molar-refractivity contribution in [2.75, 3.05) is 12.8 Å². The van der Waals surface area contributed by atoms with E-state index in [1.165, 1.54) is 4.57 Å². The molecule has 1 fully saturated rings. The number of aromatic nitrogens is 1. The lowest BCUT2D eigenvalue weighted by Gasteiger charge is -2.38. The molecule has 0 radical (unpaired) electrons. The fourth-order valence-corrected chi connectivity index (χ4v) is 6.81. The van der Waals surface area contributed by atoms with Gasteiger partial charge in [0.25, 0.3) is 0 Å². The van der Waals surface area contributed by atoms with Crippen LogP contribution in [0.4, 0.5) is 0 Å². The van der Waals surface area contributed by atoms with Gasteiger partial charge in [0.2, 0.25) is 11.8 Å². The summed E-state index contributed by atoms with van der Waals surface area (Å²) in [6.45, 7) is 2.13. The van der Waals surface area contributed by atoms with E-state index < -0.39 is 4.87 Å². The number of rotatable bonds is 3. The highest BCUT2D eigenvalue weighted by Gasteiger charge is 2.66. The number of aromatic hydroxyl groups is 3. The molecule has 3 aliphatic rings. The van der Waals surface area contributed by atoms with Crippen molar-refractivity contribution in [1.29, 1.82) is 0 Å². The Kier molecular flexibility index (Phi) is 3.49. The summed E-state index contributed by atoms with van der Waals surface area (Å²) in [5.41, 5.74) is 2.28. The molecular weight excluding hydrogens is 360 g/mol. The first-order valence-electron chi connectivity index (χ1n) is 9.20. The fraction of sp³-hybridized carbons (Fsp3) is 0.333. The minimum absolute atomic E-state index is 0.0227. The third-order valence-corrected chi connectivity index (χ3v) is 7.71. The van der Waals surface area contributed by atoms with Crippen molar-refractivity contribution in [3.8, 4) is 23.2 Å². The van der Waals surface area contributed by atoms with Crippen molar-refractivity contribution in [1.82, 2.24) is 9.47 Å². The van der Waals surface area contributed by atoms with Crippen LogP contribution in [0, 0.1) is 11.8 Å². The lowest BCUT2D eigenvalue weighted by atomic mass is 9.74. The van der Waals surface area contributed by atoms with Gasteiger partial charge in [-0.15, -0.1) is 11.8 Å². The molecule has 3 N–H and O–H groups in total. The molecular formula is C21H22N2O3S. The number of phenols is 1. The van der Waals surface area contributed by atoms with Gasteiger partial charge in [-0.1, -0.05) is 31.2 Å². The second-order valence-corrected chi connectivity index (χ2v) is 8.83. The van der Waals surface area contributed by atoms with E-state index in [1.807, 2.05) is 11.8 Å². The maximum absolute atomic E-state index is 11.2. The average Bonchev–Trinajstić information content (AvgIpc) is 3.17. The largest absolute Gasteiger partial charge is 0.508 e. The molecule has 1 saturated heterocycles. The average molecular weight is 382 g/mol. The van der Waals surface area contributed by atoms with Gasteiger partial charge in [0.15, 0.2) is 0 Å². The number of hydrogen-bond donors (Lipinski definition) is 3. The molecule has 1 aromatic carbocycles. The first kappa shape index (κ1) is 16.8. The van der Waals surface area contributed by atoms with Gasteiger partial charge in [0.05, 0.1) is 11.3 Å². The van der Waals surface area contributed by atoms with Gasteiger partial charge in [0.1, 0.15) is 10.6 Å². The number of fused-ring (bicyclic) bond motifs is 8. The van der Waals surface area contributed by atoms with E-state index in [0.717, 1.165) is 16.9 Å². The molecule has 4 unspecified atom stereocenters. The number of benzene rings is 1. The van der Waals surface area contributed by atoms with E-state index in [0.29, 0.717) is 5.69 Å². The quantitative estimate of drug-likeness (QED) is 0.752. The molecule has 27 heavy (non-hydrogen) atoms. The molecule has 3 heterocycles. The van der Waals surface area contributed by atoms with Crippen LogP contribution in [0.5, 0.6) is 17.5 Å². The third kappa shape index (κ3) is 1.89. The number of phenolic OH excluding ortho intramolecular Hbond substituents is 1. The molecule has 5 nitrogen and oxygen atoms in total. The van der Waals surface area contributed by atoms with Crippen molar-refractivity contribution < 1.29 is 15.3 Å². The van der Waals surface area contributed by atoms with Crippen LogP contribution < -0.4 is 0 Å². The summed E-state index contributed by atoms with van der Waals surface area (Å²) in [5, 5.41) is 31.9. The first-order chi connectivity index (χ1) is 13.0. The van der Waals surface area contributed by atoms with Crippen LogP contribution in [0.25, 0.3) is 5.69 Å². The second-order valence-electron chi connectivity index (χ2n) is 7.35. The molecule has 2 aliphatic heterocycles. The van der Waals surface area contributed by atoms with E-state index >= 15 is 0 Å². The summed E-state index contributed by atoms with van der Waals surface area (Å²) in [5.74, 6) is 1.75. The standard InChI is InChI=1S/C21H22N2O3S/c1-3-27-21-15-7-5-4-6-14(15)18(22(21)2)16-17(21)20(26)23(19(16)25)12-8-10-13(24)11-9-12/h4-11,14-15,18,24-26H,3H2,1-2H3.